The number of hydrogen-bond donors (Lipinski definition) is 1. The molecule has 1 atom stereocenters. The van der Waals surface area contributed by atoms with E-state index in [1.54, 1.807) is 11.0 Å². The van der Waals surface area contributed by atoms with Gasteiger partial charge in [-0.25, -0.2) is 0 Å². The first-order valence-electron chi connectivity index (χ1n) is 9.25. The van der Waals surface area contributed by atoms with Crippen LogP contribution in [0.2, 0.25) is 5.02 Å². The number of nitrogens with zero attached hydrogens (tertiary/aromatic N) is 2. The van der Waals surface area contributed by atoms with Gasteiger partial charge in [-0.1, -0.05) is 23.7 Å². The van der Waals surface area contributed by atoms with E-state index in [1.165, 1.54) is 0 Å². The maximum absolute atomic E-state index is 12.8. The average molecular weight is 416 g/mol. The van der Waals surface area contributed by atoms with Gasteiger partial charge in [0.1, 0.15) is 0 Å². The van der Waals surface area contributed by atoms with Gasteiger partial charge in [0.15, 0.2) is 0 Å². The van der Waals surface area contributed by atoms with Crippen molar-refractivity contribution in [2.45, 2.75) is 31.8 Å². The SMILES string of the molecule is Cl.NCCCOC1CCN(C(=O)C2CC(=O)N(c3ccccc3Cl)C2)CC1. The minimum atomic E-state index is -0.298. The number of halogens is 2. The molecule has 150 valence electrons. The zero-order valence-electron chi connectivity index (χ0n) is 15.3. The van der Waals surface area contributed by atoms with Crippen molar-refractivity contribution in [3.05, 3.63) is 29.3 Å². The largest absolute Gasteiger partial charge is 0.378 e. The predicted octanol–water partition coefficient (Wildman–Crippen LogP) is 2.47. The number of carbonyl (C=O) groups is 2. The Hall–Kier alpha value is -1.34. The molecular formula is C19H27Cl2N3O3. The van der Waals surface area contributed by atoms with Gasteiger partial charge in [-0.3, -0.25) is 9.59 Å². The average Bonchev–Trinajstić information content (AvgIpc) is 3.04. The quantitative estimate of drug-likeness (QED) is 0.723. The van der Waals surface area contributed by atoms with Crippen molar-refractivity contribution < 1.29 is 14.3 Å². The first-order valence-corrected chi connectivity index (χ1v) is 9.63. The lowest BCUT2D eigenvalue weighted by Gasteiger charge is -2.33. The number of nitrogens with two attached hydrogens (primary N) is 1. The summed E-state index contributed by atoms with van der Waals surface area (Å²) in [6.07, 6.45) is 2.99. The first-order chi connectivity index (χ1) is 12.6. The summed E-state index contributed by atoms with van der Waals surface area (Å²) in [6.45, 7) is 3.08. The second-order valence-electron chi connectivity index (χ2n) is 6.89. The van der Waals surface area contributed by atoms with E-state index in [2.05, 4.69) is 0 Å². The lowest BCUT2D eigenvalue weighted by molar-refractivity contribution is -0.138. The molecule has 1 aromatic carbocycles. The van der Waals surface area contributed by atoms with Gasteiger partial charge in [0.2, 0.25) is 11.8 Å². The monoisotopic (exact) mass is 415 g/mol. The van der Waals surface area contributed by atoms with Crippen LogP contribution in [-0.2, 0) is 14.3 Å². The standard InChI is InChI=1S/C19H26ClN3O3.ClH/c20-16-4-1-2-5-17(16)23-13-14(12-18(23)24)19(25)22-9-6-15(7-10-22)26-11-3-8-21;/h1-2,4-5,14-15H,3,6-13,21H2;1H. The van der Waals surface area contributed by atoms with E-state index in [4.69, 9.17) is 22.1 Å². The Kier molecular flexibility index (Phi) is 8.35. The van der Waals surface area contributed by atoms with E-state index >= 15 is 0 Å². The van der Waals surface area contributed by atoms with Gasteiger partial charge in [0, 0.05) is 32.7 Å². The summed E-state index contributed by atoms with van der Waals surface area (Å²) >= 11 is 6.20. The van der Waals surface area contributed by atoms with Crippen molar-refractivity contribution in [3.8, 4) is 0 Å². The molecular weight excluding hydrogens is 389 g/mol. The number of amides is 2. The van der Waals surface area contributed by atoms with Crippen molar-refractivity contribution >= 4 is 41.5 Å². The molecule has 2 aliphatic heterocycles. The van der Waals surface area contributed by atoms with Gasteiger partial charge in [0.05, 0.1) is 22.7 Å². The second kappa shape index (κ2) is 10.3. The van der Waals surface area contributed by atoms with Crippen molar-refractivity contribution in [2.24, 2.45) is 11.7 Å². The number of likely N-dealkylation sites (tertiary alicyclic amines) is 1. The van der Waals surface area contributed by atoms with Crippen molar-refractivity contribution in [1.82, 2.24) is 4.90 Å². The van der Waals surface area contributed by atoms with Crippen molar-refractivity contribution in [2.75, 3.05) is 37.7 Å². The third-order valence-electron chi connectivity index (χ3n) is 5.07. The smallest absolute Gasteiger partial charge is 0.228 e. The number of ether oxygens (including phenoxy) is 1. The van der Waals surface area contributed by atoms with Gasteiger partial charge < -0.3 is 20.3 Å². The fourth-order valence-corrected chi connectivity index (χ4v) is 3.85. The zero-order chi connectivity index (χ0) is 18.5. The van der Waals surface area contributed by atoms with Crippen LogP contribution in [0.25, 0.3) is 0 Å². The van der Waals surface area contributed by atoms with Crippen LogP contribution in [0.5, 0.6) is 0 Å². The number of benzene rings is 1. The molecule has 2 fully saturated rings. The van der Waals surface area contributed by atoms with Gasteiger partial charge >= 0.3 is 0 Å². The summed E-state index contributed by atoms with van der Waals surface area (Å²) < 4.78 is 5.79. The van der Waals surface area contributed by atoms with E-state index in [0.29, 0.717) is 43.5 Å². The molecule has 27 heavy (non-hydrogen) atoms. The fourth-order valence-electron chi connectivity index (χ4n) is 3.61. The summed E-state index contributed by atoms with van der Waals surface area (Å²) in [5.41, 5.74) is 6.16. The molecule has 6 nitrogen and oxygen atoms in total. The third-order valence-corrected chi connectivity index (χ3v) is 5.39. The van der Waals surface area contributed by atoms with Crippen LogP contribution in [0.1, 0.15) is 25.7 Å². The van der Waals surface area contributed by atoms with Crippen LogP contribution >= 0.6 is 24.0 Å². The second-order valence-corrected chi connectivity index (χ2v) is 7.30. The number of para-hydroxylation sites is 1. The zero-order valence-corrected chi connectivity index (χ0v) is 16.9. The number of hydrogen-bond acceptors (Lipinski definition) is 4. The van der Waals surface area contributed by atoms with Crippen LogP contribution < -0.4 is 10.6 Å². The van der Waals surface area contributed by atoms with E-state index < -0.39 is 0 Å². The lowest BCUT2D eigenvalue weighted by atomic mass is 10.0. The Bertz CT molecular complexity index is 651. The van der Waals surface area contributed by atoms with Crippen LogP contribution in [0.4, 0.5) is 5.69 Å². The molecule has 0 aromatic heterocycles. The number of anilines is 1. The highest BCUT2D eigenvalue weighted by molar-refractivity contribution is 6.33. The molecule has 0 saturated carbocycles. The molecule has 2 aliphatic rings. The molecule has 0 bridgehead atoms. The molecule has 2 heterocycles. The normalized spacial score (nSPS) is 20.7. The minimum Gasteiger partial charge on any atom is -0.378 e. The molecule has 0 spiro atoms. The van der Waals surface area contributed by atoms with E-state index in [1.807, 2.05) is 23.1 Å². The van der Waals surface area contributed by atoms with Gasteiger partial charge in [-0.05, 0) is 37.9 Å². The molecule has 8 heteroatoms. The van der Waals surface area contributed by atoms with Crippen LogP contribution in [0, 0.1) is 5.92 Å². The molecule has 2 saturated heterocycles. The van der Waals surface area contributed by atoms with Gasteiger partial charge in [-0.2, -0.15) is 0 Å². The van der Waals surface area contributed by atoms with Crippen LogP contribution in [0.3, 0.4) is 0 Å². The lowest BCUT2D eigenvalue weighted by Crippen LogP contribution is -2.44. The molecule has 0 aliphatic carbocycles. The summed E-state index contributed by atoms with van der Waals surface area (Å²) in [7, 11) is 0. The maximum Gasteiger partial charge on any atom is 0.228 e. The molecule has 2 N–H and O–H groups in total. The van der Waals surface area contributed by atoms with E-state index in [9.17, 15) is 9.59 Å². The van der Waals surface area contributed by atoms with E-state index in [0.717, 1.165) is 19.3 Å². The summed E-state index contributed by atoms with van der Waals surface area (Å²) in [5.74, 6) is -0.279. The van der Waals surface area contributed by atoms with Crippen LogP contribution in [0.15, 0.2) is 24.3 Å². The molecule has 3 rings (SSSR count). The van der Waals surface area contributed by atoms with Crippen molar-refractivity contribution in [3.63, 3.8) is 0 Å². The Morgan fingerprint density at radius 2 is 1.96 bits per heavy atom. The summed E-state index contributed by atoms with van der Waals surface area (Å²) in [6, 6.07) is 7.25. The number of rotatable bonds is 6. The molecule has 1 aromatic rings. The Morgan fingerprint density at radius 1 is 1.26 bits per heavy atom. The Labute approximate surface area is 171 Å². The highest BCUT2D eigenvalue weighted by Gasteiger charge is 2.38. The highest BCUT2D eigenvalue weighted by Crippen LogP contribution is 2.32. The van der Waals surface area contributed by atoms with E-state index in [-0.39, 0.29) is 42.7 Å². The van der Waals surface area contributed by atoms with Crippen LogP contribution in [-0.4, -0.2) is 55.6 Å². The predicted molar refractivity (Wildman–Crippen MR) is 108 cm³/mol. The Morgan fingerprint density at radius 3 is 2.63 bits per heavy atom. The Balaban J connectivity index is 0.00000261. The minimum absolute atomic E-state index is 0. The number of piperidine rings is 1. The molecule has 1 unspecified atom stereocenters. The highest BCUT2D eigenvalue weighted by atomic mass is 35.5. The summed E-state index contributed by atoms with van der Waals surface area (Å²) in [5, 5.41) is 0.532. The van der Waals surface area contributed by atoms with Crippen molar-refractivity contribution in [1.29, 1.82) is 0 Å². The topological polar surface area (TPSA) is 75.9 Å². The van der Waals surface area contributed by atoms with Gasteiger partial charge in [-0.15, -0.1) is 12.4 Å². The number of carbonyl (C=O) groups excluding carboxylic acids is 2. The third kappa shape index (κ3) is 5.35. The molecule has 0 radical (unpaired) electrons. The molecule has 2 amide bonds. The maximum atomic E-state index is 12.8. The first kappa shape index (κ1) is 22.0. The fraction of sp³-hybridized carbons (Fsp3) is 0.579. The summed E-state index contributed by atoms with van der Waals surface area (Å²) in [4.78, 5) is 28.7. The van der Waals surface area contributed by atoms with Gasteiger partial charge in [0.25, 0.3) is 0 Å².